The summed E-state index contributed by atoms with van der Waals surface area (Å²) in [4.78, 5) is 19.5. The molecule has 1 saturated heterocycles. The van der Waals surface area contributed by atoms with Gasteiger partial charge in [-0.25, -0.2) is 4.98 Å². The van der Waals surface area contributed by atoms with Crippen molar-refractivity contribution in [2.45, 2.75) is 43.7 Å². The van der Waals surface area contributed by atoms with Crippen LogP contribution in [0.1, 0.15) is 30.5 Å². The average Bonchev–Trinajstić information content (AvgIpc) is 3.33. The second kappa shape index (κ2) is 8.23. The molecular weight excluding hydrogens is 495 g/mol. The van der Waals surface area contributed by atoms with Gasteiger partial charge in [-0.2, -0.15) is 26.3 Å². The summed E-state index contributed by atoms with van der Waals surface area (Å²) >= 11 is 12.1. The van der Waals surface area contributed by atoms with Gasteiger partial charge in [-0.05, 0) is 55.5 Å². The van der Waals surface area contributed by atoms with Crippen LogP contribution in [0.5, 0.6) is 0 Å². The third-order valence-corrected chi connectivity index (χ3v) is 6.67. The molecular formula is C21H17Cl2F6N3O. The number of nitrogens with zero attached hydrogens (tertiary/aromatic N) is 3. The zero-order chi connectivity index (χ0) is 24.3. The van der Waals surface area contributed by atoms with E-state index in [1.807, 2.05) is 0 Å². The number of fused-ring (bicyclic) bond motifs is 2. The van der Waals surface area contributed by atoms with Crippen molar-refractivity contribution >= 4 is 40.6 Å². The molecule has 0 spiro atoms. The molecule has 2 fully saturated rings. The molecule has 2 bridgehead atoms. The molecule has 4 nitrogen and oxygen atoms in total. The minimum absolute atomic E-state index is 0.0196. The number of aromatic nitrogens is 1. The number of hydrogen-bond donors (Lipinski definition) is 0. The Labute approximate surface area is 195 Å². The van der Waals surface area contributed by atoms with E-state index in [-0.39, 0.29) is 17.0 Å². The molecule has 2 heterocycles. The number of pyridine rings is 1. The number of carbonyl (C=O) groups excluding carboxylic acids is 1. The van der Waals surface area contributed by atoms with E-state index >= 15 is 0 Å². The summed E-state index contributed by atoms with van der Waals surface area (Å²) in [6, 6.07) is 3.66. The van der Waals surface area contributed by atoms with E-state index < -0.39 is 47.4 Å². The van der Waals surface area contributed by atoms with E-state index in [1.54, 1.807) is 0 Å². The van der Waals surface area contributed by atoms with Gasteiger partial charge in [0.25, 0.3) is 0 Å². The lowest BCUT2D eigenvalue weighted by Gasteiger charge is -2.37. The minimum atomic E-state index is -5.08. The zero-order valence-electron chi connectivity index (χ0n) is 17.0. The Morgan fingerprint density at radius 1 is 1.06 bits per heavy atom. The second-order valence-electron chi connectivity index (χ2n) is 8.17. The predicted octanol–water partition coefficient (Wildman–Crippen LogP) is 6.45. The van der Waals surface area contributed by atoms with Gasteiger partial charge in [0.15, 0.2) is 0 Å². The first-order chi connectivity index (χ1) is 15.3. The molecule has 33 heavy (non-hydrogen) atoms. The minimum Gasteiger partial charge on any atom is -0.341 e. The summed E-state index contributed by atoms with van der Waals surface area (Å²) in [5.74, 6) is -1.25. The van der Waals surface area contributed by atoms with E-state index in [0.29, 0.717) is 36.0 Å². The molecule has 2 aromatic rings. The van der Waals surface area contributed by atoms with Gasteiger partial charge >= 0.3 is 12.4 Å². The van der Waals surface area contributed by atoms with Gasteiger partial charge in [-0.15, -0.1) is 0 Å². The van der Waals surface area contributed by atoms with Crippen LogP contribution in [0.3, 0.4) is 0 Å². The Morgan fingerprint density at radius 2 is 1.76 bits per heavy atom. The van der Waals surface area contributed by atoms with Gasteiger partial charge < -0.3 is 9.80 Å². The van der Waals surface area contributed by atoms with Crippen molar-refractivity contribution in [1.29, 1.82) is 0 Å². The number of carbonyl (C=O) groups is 1. The summed E-state index contributed by atoms with van der Waals surface area (Å²) in [6.45, 7) is 0. The van der Waals surface area contributed by atoms with Crippen molar-refractivity contribution in [2.24, 2.45) is 5.92 Å². The Morgan fingerprint density at radius 3 is 2.36 bits per heavy atom. The summed E-state index contributed by atoms with van der Waals surface area (Å²) < 4.78 is 80.2. The molecule has 1 aromatic carbocycles. The van der Waals surface area contributed by atoms with Crippen LogP contribution in [0, 0.1) is 5.92 Å². The SMILES string of the molecule is CN(C(=O)[C@@H]1[C@H]2CC[C@H](C2)N1c1cc(C(F)(F)F)cc(C(F)(F)F)n1)c1ccc(Cl)cc1Cl. The smallest absolute Gasteiger partial charge is 0.341 e. The van der Waals surface area contributed by atoms with Crippen LogP contribution in [0.4, 0.5) is 37.8 Å². The quantitative estimate of drug-likeness (QED) is 0.444. The fraction of sp³-hybridized carbons (Fsp3) is 0.429. The predicted molar refractivity (Wildman–Crippen MR) is 112 cm³/mol. The molecule has 1 aliphatic heterocycles. The highest BCUT2D eigenvalue weighted by atomic mass is 35.5. The summed E-state index contributed by atoms with van der Waals surface area (Å²) in [5, 5.41) is 0.531. The van der Waals surface area contributed by atoms with E-state index in [0.717, 1.165) is 0 Å². The van der Waals surface area contributed by atoms with E-state index in [1.165, 1.54) is 35.0 Å². The maximum absolute atomic E-state index is 13.4. The maximum atomic E-state index is 13.4. The van der Waals surface area contributed by atoms with Gasteiger partial charge in [-0.3, -0.25) is 4.79 Å². The number of piperidine rings is 1. The molecule has 0 radical (unpaired) electrons. The van der Waals surface area contributed by atoms with Crippen LogP contribution in [0.2, 0.25) is 10.0 Å². The first-order valence-corrected chi connectivity index (χ1v) is 10.7. The van der Waals surface area contributed by atoms with Crippen LogP contribution in [0.25, 0.3) is 0 Å². The zero-order valence-corrected chi connectivity index (χ0v) is 18.5. The molecule has 12 heteroatoms. The van der Waals surface area contributed by atoms with Crippen molar-refractivity contribution in [1.82, 2.24) is 4.98 Å². The Hall–Kier alpha value is -2.20. The lowest BCUT2D eigenvalue weighted by molar-refractivity contribution is -0.145. The third kappa shape index (κ3) is 4.47. The fourth-order valence-electron chi connectivity index (χ4n) is 4.66. The lowest BCUT2D eigenvalue weighted by Crippen LogP contribution is -2.51. The number of alkyl halides is 6. The first-order valence-electron chi connectivity index (χ1n) is 9.95. The molecule has 1 aromatic heterocycles. The standard InChI is InChI=1S/C21H17Cl2F6N3O/c1-31(15-5-3-12(22)9-14(15)23)19(33)18-10-2-4-13(6-10)32(18)17-8-11(20(24,25)26)7-16(30-17)21(27,28)29/h3,5,7-10,13,18H,2,4,6H2,1H3/t10-,13+,18-/m0/s1. The number of likely N-dealkylation sites (N-methyl/N-ethyl adjacent to an activating group) is 1. The van der Waals surface area contributed by atoms with Gasteiger partial charge in [-0.1, -0.05) is 23.2 Å². The van der Waals surface area contributed by atoms with E-state index in [9.17, 15) is 31.1 Å². The normalized spacial score (nSPS) is 22.7. The summed E-state index contributed by atoms with van der Waals surface area (Å²) in [6.07, 6.45) is -8.45. The van der Waals surface area contributed by atoms with Crippen molar-refractivity contribution in [3.05, 3.63) is 51.6 Å². The number of anilines is 2. The van der Waals surface area contributed by atoms with Gasteiger partial charge in [0.2, 0.25) is 5.91 Å². The molecule has 0 unspecified atom stereocenters. The van der Waals surface area contributed by atoms with Gasteiger partial charge in [0, 0.05) is 18.1 Å². The first kappa shape index (κ1) is 23.9. The van der Waals surface area contributed by atoms with Crippen molar-refractivity contribution < 1.29 is 31.1 Å². The van der Waals surface area contributed by atoms with Crippen molar-refractivity contribution in [2.75, 3.05) is 16.8 Å². The Kier molecular flexibility index (Phi) is 5.97. The second-order valence-corrected chi connectivity index (χ2v) is 9.01. The van der Waals surface area contributed by atoms with Crippen LogP contribution < -0.4 is 9.80 Å². The number of hydrogen-bond acceptors (Lipinski definition) is 3. The van der Waals surface area contributed by atoms with Gasteiger partial charge in [0.1, 0.15) is 17.6 Å². The fourth-order valence-corrected chi connectivity index (χ4v) is 5.20. The Balaban J connectivity index is 1.76. The Bertz CT molecular complexity index is 1060. The molecule has 3 atom stereocenters. The largest absolute Gasteiger partial charge is 0.433 e. The highest BCUT2D eigenvalue weighted by Crippen LogP contribution is 2.47. The molecule has 178 valence electrons. The van der Waals surface area contributed by atoms with Crippen LogP contribution in [0.15, 0.2) is 30.3 Å². The highest BCUT2D eigenvalue weighted by Gasteiger charge is 2.51. The highest BCUT2D eigenvalue weighted by molar-refractivity contribution is 6.36. The van der Waals surface area contributed by atoms with E-state index in [2.05, 4.69) is 4.98 Å². The number of halogens is 8. The number of benzene rings is 1. The molecule has 1 saturated carbocycles. The van der Waals surface area contributed by atoms with Crippen LogP contribution in [-0.2, 0) is 17.1 Å². The lowest BCUT2D eigenvalue weighted by atomic mass is 9.97. The number of amides is 1. The third-order valence-electron chi connectivity index (χ3n) is 6.13. The monoisotopic (exact) mass is 511 g/mol. The molecule has 2 aliphatic rings. The average molecular weight is 512 g/mol. The summed E-state index contributed by atoms with van der Waals surface area (Å²) in [5.41, 5.74) is -2.81. The molecule has 1 aliphatic carbocycles. The molecule has 0 N–H and O–H groups in total. The van der Waals surface area contributed by atoms with Crippen molar-refractivity contribution in [3.8, 4) is 0 Å². The summed E-state index contributed by atoms with van der Waals surface area (Å²) in [7, 11) is 1.45. The van der Waals surface area contributed by atoms with E-state index in [4.69, 9.17) is 23.2 Å². The van der Waals surface area contributed by atoms with Gasteiger partial charge in [0.05, 0.1) is 16.3 Å². The van der Waals surface area contributed by atoms with Crippen LogP contribution >= 0.6 is 23.2 Å². The van der Waals surface area contributed by atoms with Crippen LogP contribution in [-0.4, -0.2) is 30.0 Å². The topological polar surface area (TPSA) is 36.4 Å². The molecule has 1 amide bonds. The maximum Gasteiger partial charge on any atom is 0.433 e. The number of rotatable bonds is 3. The molecule has 4 rings (SSSR count). The van der Waals surface area contributed by atoms with Crippen molar-refractivity contribution in [3.63, 3.8) is 0 Å².